The number of benzene rings is 2. The minimum Gasteiger partial charge on any atom is -0.342 e. The van der Waals surface area contributed by atoms with Crippen molar-refractivity contribution < 1.29 is 19.4 Å². The summed E-state index contributed by atoms with van der Waals surface area (Å²) in [5, 5.41) is 5.64. The first-order valence-electron chi connectivity index (χ1n) is 10.8. The molecule has 2 aromatic rings. The largest absolute Gasteiger partial charge is 0.342 e. The molecule has 0 spiro atoms. The van der Waals surface area contributed by atoms with Crippen LogP contribution in [0.4, 0.5) is 5.69 Å². The number of piperazine rings is 1. The Kier molecular flexibility index (Phi) is 7.60. The number of nitrogens with one attached hydrogen (secondary N) is 4. The zero-order valence-corrected chi connectivity index (χ0v) is 18.3. The minimum absolute atomic E-state index is 0.00412. The molecule has 1 aliphatic rings. The van der Waals surface area contributed by atoms with Crippen LogP contribution < -0.4 is 20.4 Å². The van der Waals surface area contributed by atoms with Gasteiger partial charge in [0.15, 0.2) is 6.54 Å². The van der Waals surface area contributed by atoms with Crippen LogP contribution in [0, 0.1) is 20.8 Å². The van der Waals surface area contributed by atoms with Gasteiger partial charge in [0.1, 0.15) is 32.7 Å². The molecule has 0 bridgehead atoms. The lowest BCUT2D eigenvalue weighted by molar-refractivity contribution is -1.02. The van der Waals surface area contributed by atoms with Gasteiger partial charge in [-0.15, -0.1) is 0 Å². The fourth-order valence-electron chi connectivity index (χ4n) is 3.94. The van der Waals surface area contributed by atoms with Crippen molar-refractivity contribution >= 4 is 17.5 Å². The molecule has 0 radical (unpaired) electrons. The van der Waals surface area contributed by atoms with Gasteiger partial charge in [0.25, 0.3) is 5.91 Å². The van der Waals surface area contributed by atoms with E-state index >= 15 is 0 Å². The fourth-order valence-corrected chi connectivity index (χ4v) is 3.94. The third-order valence-electron chi connectivity index (χ3n) is 6.10. The topological polar surface area (TPSA) is 67.1 Å². The van der Waals surface area contributed by atoms with Gasteiger partial charge in [-0.2, -0.15) is 0 Å². The van der Waals surface area contributed by atoms with E-state index in [2.05, 4.69) is 41.8 Å². The molecule has 0 unspecified atom stereocenters. The number of carbonyl (C=O) groups excluding carboxylic acids is 2. The first-order chi connectivity index (χ1) is 14.4. The lowest BCUT2D eigenvalue weighted by Gasteiger charge is -2.29. The van der Waals surface area contributed by atoms with Crippen LogP contribution in [0.1, 0.15) is 22.3 Å². The first-order valence-corrected chi connectivity index (χ1v) is 10.8. The van der Waals surface area contributed by atoms with Crippen molar-refractivity contribution in [3.8, 4) is 0 Å². The summed E-state index contributed by atoms with van der Waals surface area (Å²) in [6, 6.07) is 14.4. The van der Waals surface area contributed by atoms with Crippen molar-refractivity contribution in [3.63, 3.8) is 0 Å². The first kappa shape index (κ1) is 22.0. The molecule has 1 fully saturated rings. The maximum absolute atomic E-state index is 12.3. The normalized spacial score (nSPS) is 18.6. The summed E-state index contributed by atoms with van der Waals surface area (Å²) in [7, 11) is 0. The van der Waals surface area contributed by atoms with Crippen molar-refractivity contribution in [2.45, 2.75) is 27.3 Å². The average Bonchev–Trinajstić information content (AvgIpc) is 2.73. The number of aryl methyl sites for hydroxylation is 2. The lowest BCUT2D eigenvalue weighted by Crippen LogP contribution is -3.28. The molecule has 1 aliphatic heterocycles. The van der Waals surface area contributed by atoms with Gasteiger partial charge >= 0.3 is 0 Å². The van der Waals surface area contributed by atoms with E-state index in [1.54, 1.807) is 4.90 Å². The van der Waals surface area contributed by atoms with E-state index in [0.717, 1.165) is 49.5 Å². The Morgan fingerprint density at radius 1 is 0.833 bits per heavy atom. The zero-order valence-electron chi connectivity index (χ0n) is 18.3. The van der Waals surface area contributed by atoms with E-state index in [0.29, 0.717) is 6.54 Å². The Morgan fingerprint density at radius 2 is 1.50 bits per heavy atom. The Hall–Kier alpha value is -2.70. The van der Waals surface area contributed by atoms with E-state index in [1.807, 2.05) is 32.0 Å². The van der Waals surface area contributed by atoms with Gasteiger partial charge in [0, 0.05) is 11.3 Å². The molecule has 6 heteroatoms. The smallest absolute Gasteiger partial charge is 0.275 e. The molecular formula is C24H34N4O2+2. The second kappa shape index (κ2) is 10.4. The molecule has 0 aromatic heterocycles. The summed E-state index contributed by atoms with van der Waals surface area (Å²) in [5.74, 6) is -0.261. The van der Waals surface area contributed by atoms with Gasteiger partial charge in [0.2, 0.25) is 5.91 Å². The van der Waals surface area contributed by atoms with E-state index in [4.69, 9.17) is 0 Å². The molecule has 2 aromatic carbocycles. The van der Waals surface area contributed by atoms with Crippen molar-refractivity contribution in [2.24, 2.45) is 0 Å². The lowest BCUT2D eigenvalue weighted by atomic mass is 10.1. The van der Waals surface area contributed by atoms with Crippen LogP contribution in [0.3, 0.4) is 0 Å². The number of hydrogen-bond acceptors (Lipinski definition) is 2. The van der Waals surface area contributed by atoms with Gasteiger partial charge in [-0.05, 0) is 43.5 Å². The quantitative estimate of drug-likeness (QED) is 0.504. The van der Waals surface area contributed by atoms with Crippen molar-refractivity contribution in [3.05, 3.63) is 64.7 Å². The number of amides is 2. The number of rotatable bonds is 7. The second-order valence-corrected chi connectivity index (χ2v) is 8.35. The molecular weight excluding hydrogens is 376 g/mol. The van der Waals surface area contributed by atoms with E-state index in [9.17, 15) is 9.59 Å². The zero-order chi connectivity index (χ0) is 21.5. The molecule has 0 saturated carbocycles. The van der Waals surface area contributed by atoms with E-state index < -0.39 is 0 Å². The molecule has 0 atom stereocenters. The van der Waals surface area contributed by atoms with Crippen molar-refractivity contribution in [2.75, 3.05) is 44.6 Å². The van der Waals surface area contributed by atoms with E-state index in [-0.39, 0.29) is 18.4 Å². The van der Waals surface area contributed by atoms with Gasteiger partial charge in [0.05, 0.1) is 6.54 Å². The predicted octanol–water partition coefficient (Wildman–Crippen LogP) is -0.350. The molecule has 1 heterocycles. The maximum Gasteiger partial charge on any atom is 0.275 e. The van der Waals surface area contributed by atoms with Crippen LogP contribution >= 0.6 is 0 Å². The number of quaternary nitrogens is 2. The molecule has 3 rings (SSSR count). The van der Waals surface area contributed by atoms with Crippen LogP contribution in [-0.4, -0.2) is 51.1 Å². The van der Waals surface area contributed by atoms with Gasteiger partial charge in [-0.1, -0.05) is 36.4 Å². The summed E-state index contributed by atoms with van der Waals surface area (Å²) in [6.07, 6.45) is 0. The predicted molar refractivity (Wildman–Crippen MR) is 119 cm³/mol. The van der Waals surface area contributed by atoms with Crippen LogP contribution in [0.5, 0.6) is 0 Å². The molecule has 160 valence electrons. The Balaban J connectivity index is 1.37. The average molecular weight is 411 g/mol. The highest BCUT2D eigenvalue weighted by molar-refractivity contribution is 5.95. The number of carbonyl (C=O) groups is 2. The SMILES string of the molecule is Cc1ccccc1C[NH+]1CC[NH+](CC(=O)NCC(=O)Nc2cccc(C)c2C)CC1. The highest BCUT2D eigenvalue weighted by Crippen LogP contribution is 2.17. The Morgan fingerprint density at radius 3 is 2.23 bits per heavy atom. The van der Waals surface area contributed by atoms with Crippen LogP contribution in [0.2, 0.25) is 0 Å². The Bertz CT molecular complexity index is 889. The summed E-state index contributed by atoms with van der Waals surface area (Å²) in [4.78, 5) is 27.3. The minimum atomic E-state index is -0.195. The molecule has 30 heavy (non-hydrogen) atoms. The fraction of sp³-hybridized carbons (Fsp3) is 0.417. The second-order valence-electron chi connectivity index (χ2n) is 8.35. The molecule has 6 nitrogen and oxygen atoms in total. The molecule has 1 saturated heterocycles. The van der Waals surface area contributed by atoms with Crippen LogP contribution in [0.15, 0.2) is 42.5 Å². The van der Waals surface area contributed by atoms with Crippen LogP contribution in [0.25, 0.3) is 0 Å². The standard InChI is InChI=1S/C24H32N4O2/c1-18-8-6-10-22(20(18)3)26-23(29)15-25-24(30)17-28-13-11-27(12-14-28)16-21-9-5-4-7-19(21)2/h4-10H,11-17H2,1-3H3,(H,25,30)(H,26,29)/p+2. The molecule has 2 amide bonds. The summed E-state index contributed by atoms with van der Waals surface area (Å²) >= 11 is 0. The number of hydrogen-bond donors (Lipinski definition) is 4. The highest BCUT2D eigenvalue weighted by Gasteiger charge is 2.25. The third kappa shape index (κ3) is 6.15. The van der Waals surface area contributed by atoms with Gasteiger partial charge in [-0.25, -0.2) is 0 Å². The number of anilines is 1. The molecule has 4 N–H and O–H groups in total. The van der Waals surface area contributed by atoms with Gasteiger partial charge < -0.3 is 20.4 Å². The van der Waals surface area contributed by atoms with Crippen molar-refractivity contribution in [1.82, 2.24) is 5.32 Å². The molecule has 0 aliphatic carbocycles. The maximum atomic E-state index is 12.3. The Labute approximate surface area is 179 Å². The monoisotopic (exact) mass is 410 g/mol. The van der Waals surface area contributed by atoms with Crippen LogP contribution in [-0.2, 0) is 16.1 Å². The van der Waals surface area contributed by atoms with Gasteiger partial charge in [-0.3, -0.25) is 9.59 Å². The summed E-state index contributed by atoms with van der Waals surface area (Å²) in [6.45, 7) is 11.7. The summed E-state index contributed by atoms with van der Waals surface area (Å²) < 4.78 is 0. The van der Waals surface area contributed by atoms with E-state index in [1.165, 1.54) is 16.0 Å². The third-order valence-corrected chi connectivity index (χ3v) is 6.10. The van der Waals surface area contributed by atoms with Crippen molar-refractivity contribution in [1.29, 1.82) is 0 Å². The highest BCUT2D eigenvalue weighted by atomic mass is 16.2. The summed E-state index contributed by atoms with van der Waals surface area (Å²) in [5.41, 5.74) is 5.73.